The molecule has 0 aromatic carbocycles. The number of nitrogens with one attached hydrogen (secondary N) is 1. The second kappa shape index (κ2) is 6.92. The zero-order chi connectivity index (χ0) is 11.8. The van der Waals surface area contributed by atoms with Crippen molar-refractivity contribution in [3.8, 4) is 5.88 Å². The highest BCUT2D eigenvalue weighted by molar-refractivity contribution is 5.13. The van der Waals surface area contributed by atoms with E-state index >= 15 is 0 Å². The number of unbranched alkanes of at least 4 members (excludes halogenated alkanes) is 1. The van der Waals surface area contributed by atoms with Crippen LogP contribution >= 0.6 is 0 Å². The van der Waals surface area contributed by atoms with Crippen molar-refractivity contribution in [3.63, 3.8) is 0 Å². The zero-order valence-corrected chi connectivity index (χ0v) is 9.52. The Bertz CT molecular complexity index is 312. The van der Waals surface area contributed by atoms with Gasteiger partial charge in [0.05, 0.1) is 18.8 Å². The lowest BCUT2D eigenvalue weighted by atomic mass is 10.1. The smallest absolute Gasteiger partial charge is 0.233 e. The number of hydrogen-bond acceptors (Lipinski definition) is 5. The van der Waals surface area contributed by atoms with Crippen molar-refractivity contribution < 1.29 is 4.74 Å². The van der Waals surface area contributed by atoms with E-state index in [-0.39, 0.29) is 6.04 Å². The molecule has 0 radical (unpaired) electrons. The Morgan fingerprint density at radius 2 is 2.38 bits per heavy atom. The predicted octanol–water partition coefficient (Wildman–Crippen LogP) is 1.35. The molecule has 5 nitrogen and oxygen atoms in total. The van der Waals surface area contributed by atoms with Gasteiger partial charge in [-0.05, 0) is 25.3 Å². The van der Waals surface area contributed by atoms with E-state index in [1.54, 1.807) is 13.2 Å². The maximum Gasteiger partial charge on any atom is 0.233 e. The van der Waals surface area contributed by atoms with Crippen molar-refractivity contribution in [3.05, 3.63) is 30.5 Å². The molecule has 0 aliphatic carbocycles. The first-order valence-electron chi connectivity index (χ1n) is 5.26. The van der Waals surface area contributed by atoms with Gasteiger partial charge in [-0.1, -0.05) is 6.08 Å². The highest BCUT2D eigenvalue weighted by Crippen LogP contribution is 2.17. The van der Waals surface area contributed by atoms with Gasteiger partial charge in [0.2, 0.25) is 5.88 Å². The Hall–Kier alpha value is -1.46. The molecule has 16 heavy (non-hydrogen) atoms. The Morgan fingerprint density at radius 1 is 1.56 bits per heavy atom. The minimum Gasteiger partial charge on any atom is -0.480 e. The van der Waals surface area contributed by atoms with E-state index in [1.807, 2.05) is 12.1 Å². The van der Waals surface area contributed by atoms with E-state index in [0.717, 1.165) is 25.0 Å². The molecule has 1 atom stereocenters. The van der Waals surface area contributed by atoms with Crippen LogP contribution in [0.1, 0.15) is 31.0 Å². The third-order valence-corrected chi connectivity index (χ3v) is 2.33. The van der Waals surface area contributed by atoms with Gasteiger partial charge in [0, 0.05) is 6.07 Å². The lowest BCUT2D eigenvalue weighted by Gasteiger charge is -2.14. The number of allylic oxidation sites excluding steroid dienone is 1. The van der Waals surface area contributed by atoms with Crippen molar-refractivity contribution in [2.24, 2.45) is 5.84 Å². The number of hydrogen-bond donors (Lipinski definition) is 2. The zero-order valence-electron chi connectivity index (χ0n) is 9.52. The van der Waals surface area contributed by atoms with Gasteiger partial charge in [0.15, 0.2) is 0 Å². The highest BCUT2D eigenvalue weighted by atomic mass is 16.5. The van der Waals surface area contributed by atoms with Gasteiger partial charge < -0.3 is 4.74 Å². The fourth-order valence-electron chi connectivity index (χ4n) is 1.41. The summed E-state index contributed by atoms with van der Waals surface area (Å²) in [5.74, 6) is 5.99. The summed E-state index contributed by atoms with van der Waals surface area (Å²) in [5, 5.41) is 7.96. The third-order valence-electron chi connectivity index (χ3n) is 2.33. The lowest BCUT2D eigenvalue weighted by molar-refractivity contribution is 0.388. The fraction of sp³-hybridized carbons (Fsp3) is 0.455. The molecule has 0 spiro atoms. The van der Waals surface area contributed by atoms with Crippen LogP contribution < -0.4 is 16.0 Å². The number of rotatable bonds is 7. The third kappa shape index (κ3) is 3.60. The predicted molar refractivity (Wildman–Crippen MR) is 62.7 cm³/mol. The van der Waals surface area contributed by atoms with Crippen LogP contribution in [-0.2, 0) is 0 Å². The normalized spacial score (nSPS) is 12.1. The standard InChI is InChI=1S/C11H18N4O/c1-3-4-5-6-9(13-12)10-7-8-11(16-2)15-14-10/h3,7-9,13H,1,4-6,12H2,2H3. The molecule has 5 heteroatoms. The minimum absolute atomic E-state index is 0.0263. The Labute approximate surface area is 95.7 Å². The van der Waals surface area contributed by atoms with Gasteiger partial charge in [0.25, 0.3) is 0 Å². The van der Waals surface area contributed by atoms with Crippen molar-refractivity contribution in [1.82, 2.24) is 15.6 Å². The number of methoxy groups -OCH3 is 1. The number of hydrazine groups is 1. The highest BCUT2D eigenvalue weighted by Gasteiger charge is 2.11. The fourth-order valence-corrected chi connectivity index (χ4v) is 1.41. The molecule has 1 unspecified atom stereocenters. The van der Waals surface area contributed by atoms with Gasteiger partial charge in [-0.25, -0.2) is 0 Å². The monoisotopic (exact) mass is 222 g/mol. The first-order chi connectivity index (χ1) is 7.81. The van der Waals surface area contributed by atoms with E-state index in [9.17, 15) is 0 Å². The van der Waals surface area contributed by atoms with Gasteiger partial charge in [0.1, 0.15) is 0 Å². The molecular weight excluding hydrogens is 204 g/mol. The first kappa shape index (κ1) is 12.6. The van der Waals surface area contributed by atoms with Crippen LogP contribution in [0.2, 0.25) is 0 Å². The topological polar surface area (TPSA) is 73.1 Å². The van der Waals surface area contributed by atoms with Crippen LogP contribution in [0.4, 0.5) is 0 Å². The second-order valence-electron chi connectivity index (χ2n) is 3.44. The summed E-state index contributed by atoms with van der Waals surface area (Å²) in [6.45, 7) is 3.68. The number of aromatic nitrogens is 2. The van der Waals surface area contributed by atoms with Crippen LogP contribution in [0.3, 0.4) is 0 Å². The van der Waals surface area contributed by atoms with Crippen molar-refractivity contribution in [1.29, 1.82) is 0 Å². The molecule has 0 fully saturated rings. The summed E-state index contributed by atoms with van der Waals surface area (Å²) in [6.07, 6.45) is 4.80. The SMILES string of the molecule is C=CCCCC(NN)c1ccc(OC)nn1. The first-order valence-corrected chi connectivity index (χ1v) is 5.26. The molecule has 1 aromatic heterocycles. The number of nitrogens with zero attached hydrogens (tertiary/aromatic N) is 2. The molecule has 88 valence electrons. The molecule has 0 amide bonds. The molecule has 0 saturated carbocycles. The molecule has 1 rings (SSSR count). The summed E-state index contributed by atoms with van der Waals surface area (Å²) in [6, 6.07) is 3.67. The summed E-state index contributed by atoms with van der Waals surface area (Å²) in [4.78, 5) is 0. The minimum atomic E-state index is 0.0263. The van der Waals surface area contributed by atoms with Crippen LogP contribution in [0, 0.1) is 0 Å². The summed E-state index contributed by atoms with van der Waals surface area (Å²) < 4.78 is 4.94. The molecule has 0 saturated heterocycles. The number of nitrogens with two attached hydrogens (primary N) is 1. The molecule has 0 bridgehead atoms. The molecule has 0 aliphatic rings. The van der Waals surface area contributed by atoms with E-state index in [0.29, 0.717) is 5.88 Å². The Kier molecular flexibility index (Phi) is 5.45. The van der Waals surface area contributed by atoms with Gasteiger partial charge >= 0.3 is 0 Å². The average Bonchev–Trinajstić information content (AvgIpc) is 2.35. The van der Waals surface area contributed by atoms with Crippen LogP contribution in [-0.4, -0.2) is 17.3 Å². The van der Waals surface area contributed by atoms with Crippen LogP contribution in [0.5, 0.6) is 5.88 Å². The van der Waals surface area contributed by atoms with Gasteiger partial charge in [-0.15, -0.1) is 11.7 Å². The molecule has 3 N–H and O–H groups in total. The summed E-state index contributed by atoms with van der Waals surface area (Å²) in [5.41, 5.74) is 3.56. The van der Waals surface area contributed by atoms with Gasteiger partial charge in [-0.2, -0.15) is 5.10 Å². The Balaban J connectivity index is 2.59. The molecule has 1 aromatic rings. The van der Waals surface area contributed by atoms with E-state index in [1.165, 1.54) is 0 Å². The maximum absolute atomic E-state index is 5.48. The molecular formula is C11H18N4O. The van der Waals surface area contributed by atoms with Crippen molar-refractivity contribution in [2.75, 3.05) is 7.11 Å². The van der Waals surface area contributed by atoms with Crippen LogP contribution in [0.15, 0.2) is 24.8 Å². The molecule has 1 heterocycles. The van der Waals surface area contributed by atoms with Gasteiger partial charge in [-0.3, -0.25) is 11.3 Å². The van der Waals surface area contributed by atoms with E-state index < -0.39 is 0 Å². The van der Waals surface area contributed by atoms with E-state index in [2.05, 4.69) is 22.2 Å². The molecule has 0 aliphatic heterocycles. The largest absolute Gasteiger partial charge is 0.480 e. The lowest BCUT2D eigenvalue weighted by Crippen LogP contribution is -2.28. The van der Waals surface area contributed by atoms with Crippen molar-refractivity contribution >= 4 is 0 Å². The Morgan fingerprint density at radius 3 is 2.88 bits per heavy atom. The van der Waals surface area contributed by atoms with Crippen molar-refractivity contribution in [2.45, 2.75) is 25.3 Å². The maximum atomic E-state index is 5.48. The number of ether oxygens (including phenoxy) is 1. The second-order valence-corrected chi connectivity index (χ2v) is 3.44. The quantitative estimate of drug-likeness (QED) is 0.315. The summed E-state index contributed by atoms with van der Waals surface area (Å²) in [7, 11) is 1.56. The average molecular weight is 222 g/mol. The summed E-state index contributed by atoms with van der Waals surface area (Å²) >= 11 is 0. The van der Waals surface area contributed by atoms with Crippen LogP contribution in [0.25, 0.3) is 0 Å². The van der Waals surface area contributed by atoms with E-state index in [4.69, 9.17) is 10.6 Å².